The molecule has 0 aromatic rings. The van der Waals surface area contributed by atoms with Crippen molar-refractivity contribution < 1.29 is 24.9 Å². The molecular weight excluding hydrogens is 200 g/mol. The summed E-state index contributed by atoms with van der Waals surface area (Å²) in [4.78, 5) is 20.8. The van der Waals surface area contributed by atoms with E-state index in [0.29, 0.717) is 17.6 Å². The van der Waals surface area contributed by atoms with Crippen LogP contribution in [0.25, 0.3) is 0 Å². The van der Waals surface area contributed by atoms with Gasteiger partial charge in [0, 0.05) is 6.08 Å². The van der Waals surface area contributed by atoms with Crippen LogP contribution in [-0.4, -0.2) is 33.4 Å². The Labute approximate surface area is 86.3 Å². The van der Waals surface area contributed by atoms with Crippen molar-refractivity contribution in [2.24, 2.45) is 0 Å². The molecule has 0 spiro atoms. The normalized spacial score (nSPS) is 23.7. The first kappa shape index (κ1) is 11.5. The Morgan fingerprint density at radius 3 is 2.60 bits per heavy atom. The van der Waals surface area contributed by atoms with Gasteiger partial charge in [0.05, 0.1) is 12.5 Å². The van der Waals surface area contributed by atoms with E-state index in [2.05, 4.69) is 0 Å². The number of aliphatic carboxylic acids is 2. The molecule has 82 valence electrons. The number of allylic oxidation sites excluding steroid dienone is 1. The van der Waals surface area contributed by atoms with Crippen LogP contribution in [0, 0.1) is 0 Å². The minimum Gasteiger partial charge on any atom is -0.481 e. The second kappa shape index (κ2) is 4.75. The summed E-state index contributed by atoms with van der Waals surface area (Å²) in [6.07, 6.45) is 2.24. The van der Waals surface area contributed by atoms with Crippen molar-refractivity contribution in [2.45, 2.75) is 25.4 Å². The smallest absolute Gasteiger partial charge is 0.328 e. The van der Waals surface area contributed by atoms with Crippen LogP contribution in [0.2, 0.25) is 0 Å². The summed E-state index contributed by atoms with van der Waals surface area (Å²) < 4.78 is 0. The predicted molar refractivity (Wildman–Crippen MR) is 51.3 cm³/mol. The molecule has 1 atom stereocenters. The van der Waals surface area contributed by atoms with Crippen LogP contribution < -0.4 is 0 Å². The summed E-state index contributed by atoms with van der Waals surface area (Å²) in [5, 5.41) is 26.5. The first-order chi connectivity index (χ1) is 6.97. The number of carbonyl (C=O) groups is 2. The zero-order chi connectivity index (χ0) is 11.4. The van der Waals surface area contributed by atoms with Crippen molar-refractivity contribution in [1.29, 1.82) is 0 Å². The number of aliphatic hydroxyl groups excluding tert-OH is 1. The predicted octanol–water partition coefficient (Wildman–Crippen LogP) is 0.553. The van der Waals surface area contributed by atoms with E-state index in [1.807, 2.05) is 0 Å². The summed E-state index contributed by atoms with van der Waals surface area (Å²) in [7, 11) is 0. The van der Waals surface area contributed by atoms with Gasteiger partial charge in [-0.3, -0.25) is 4.79 Å². The van der Waals surface area contributed by atoms with Crippen molar-refractivity contribution in [3.05, 3.63) is 23.3 Å². The second-order valence-electron chi connectivity index (χ2n) is 3.49. The van der Waals surface area contributed by atoms with Gasteiger partial charge >= 0.3 is 11.9 Å². The van der Waals surface area contributed by atoms with Crippen LogP contribution in [0.3, 0.4) is 0 Å². The number of rotatable bonds is 3. The van der Waals surface area contributed by atoms with Gasteiger partial charge < -0.3 is 15.3 Å². The molecule has 0 saturated heterocycles. The lowest BCUT2D eigenvalue weighted by Crippen LogP contribution is -2.15. The zero-order valence-electron chi connectivity index (χ0n) is 8.01. The summed E-state index contributed by atoms with van der Waals surface area (Å²) >= 11 is 0. The average molecular weight is 212 g/mol. The molecule has 1 rings (SSSR count). The fraction of sp³-hybridized carbons (Fsp3) is 0.400. The van der Waals surface area contributed by atoms with E-state index in [1.165, 1.54) is 6.08 Å². The van der Waals surface area contributed by atoms with Gasteiger partial charge in [-0.15, -0.1) is 0 Å². The molecule has 1 aliphatic rings. The monoisotopic (exact) mass is 212 g/mol. The molecule has 0 aromatic heterocycles. The molecule has 0 aliphatic heterocycles. The zero-order valence-corrected chi connectivity index (χ0v) is 8.01. The summed E-state index contributed by atoms with van der Waals surface area (Å²) in [5.74, 6) is -2.07. The maximum Gasteiger partial charge on any atom is 0.328 e. The minimum absolute atomic E-state index is 0.159. The van der Waals surface area contributed by atoms with E-state index in [0.717, 1.165) is 6.08 Å². The average Bonchev–Trinajstić information content (AvgIpc) is 1.98. The molecule has 5 heteroatoms. The highest BCUT2D eigenvalue weighted by Crippen LogP contribution is 2.24. The van der Waals surface area contributed by atoms with Gasteiger partial charge in [0.15, 0.2) is 0 Å². The van der Waals surface area contributed by atoms with Crippen LogP contribution in [0.4, 0.5) is 0 Å². The Kier molecular flexibility index (Phi) is 3.62. The molecule has 0 bridgehead atoms. The largest absolute Gasteiger partial charge is 0.481 e. The second-order valence-corrected chi connectivity index (χ2v) is 3.49. The van der Waals surface area contributed by atoms with Crippen molar-refractivity contribution in [2.75, 3.05) is 0 Å². The van der Waals surface area contributed by atoms with E-state index in [-0.39, 0.29) is 12.8 Å². The maximum absolute atomic E-state index is 10.4. The van der Waals surface area contributed by atoms with Crippen molar-refractivity contribution in [3.63, 3.8) is 0 Å². The number of carboxylic acids is 2. The lowest BCUT2D eigenvalue weighted by atomic mass is 9.91. The fourth-order valence-electron chi connectivity index (χ4n) is 1.60. The molecule has 1 aliphatic carbocycles. The van der Waals surface area contributed by atoms with Crippen molar-refractivity contribution in [1.82, 2.24) is 0 Å². The lowest BCUT2D eigenvalue weighted by Gasteiger charge is -2.19. The van der Waals surface area contributed by atoms with Crippen LogP contribution >= 0.6 is 0 Å². The number of carboxylic acid groups (broad SMARTS) is 2. The third-order valence-corrected chi connectivity index (χ3v) is 2.05. The molecule has 0 amide bonds. The van der Waals surface area contributed by atoms with Crippen LogP contribution in [0.15, 0.2) is 23.3 Å². The molecular formula is C10H12O5. The standard InChI is InChI=1S/C10H12O5/c11-8-2-6(4-9(12)13)1-7(3-8)5-10(14)15/h1,4,8,11H,2-3,5H2,(H,12,13)(H,14,15)/b6-4-. The molecule has 5 nitrogen and oxygen atoms in total. The van der Waals surface area contributed by atoms with Crippen molar-refractivity contribution in [3.8, 4) is 0 Å². The lowest BCUT2D eigenvalue weighted by molar-refractivity contribution is -0.136. The summed E-state index contributed by atoms with van der Waals surface area (Å²) in [6.45, 7) is 0. The van der Waals surface area contributed by atoms with Gasteiger partial charge in [-0.2, -0.15) is 0 Å². The third-order valence-electron chi connectivity index (χ3n) is 2.05. The highest BCUT2D eigenvalue weighted by atomic mass is 16.4. The molecule has 0 saturated carbocycles. The van der Waals surface area contributed by atoms with Gasteiger partial charge in [0.25, 0.3) is 0 Å². The number of hydrogen-bond donors (Lipinski definition) is 3. The highest BCUT2D eigenvalue weighted by molar-refractivity contribution is 5.81. The maximum atomic E-state index is 10.4. The van der Waals surface area contributed by atoms with E-state index in [4.69, 9.17) is 10.2 Å². The van der Waals surface area contributed by atoms with Gasteiger partial charge in [-0.25, -0.2) is 4.79 Å². The molecule has 0 fully saturated rings. The minimum atomic E-state index is -1.09. The molecule has 15 heavy (non-hydrogen) atoms. The Hall–Kier alpha value is -1.62. The SMILES string of the molecule is O=C(O)/C=C1/C=C(CC(=O)O)CC(O)C1. The van der Waals surface area contributed by atoms with Gasteiger partial charge in [-0.05, 0) is 18.4 Å². The molecule has 0 heterocycles. The van der Waals surface area contributed by atoms with E-state index in [1.54, 1.807) is 0 Å². The van der Waals surface area contributed by atoms with E-state index < -0.39 is 18.0 Å². The van der Waals surface area contributed by atoms with E-state index >= 15 is 0 Å². The molecule has 3 N–H and O–H groups in total. The Morgan fingerprint density at radius 1 is 1.40 bits per heavy atom. The van der Waals surface area contributed by atoms with Crippen LogP contribution in [0.1, 0.15) is 19.3 Å². The first-order valence-corrected chi connectivity index (χ1v) is 4.50. The van der Waals surface area contributed by atoms with Gasteiger partial charge in [0.2, 0.25) is 0 Å². The summed E-state index contributed by atoms with van der Waals surface area (Å²) in [5.41, 5.74) is 1.01. The summed E-state index contributed by atoms with van der Waals surface area (Å²) in [6, 6.07) is 0. The number of aliphatic hydroxyl groups is 1. The van der Waals surface area contributed by atoms with E-state index in [9.17, 15) is 14.7 Å². The molecule has 0 radical (unpaired) electrons. The van der Waals surface area contributed by atoms with Crippen LogP contribution in [-0.2, 0) is 9.59 Å². The Balaban J connectivity index is 2.83. The Bertz CT molecular complexity index is 340. The Morgan fingerprint density at radius 2 is 2.07 bits per heavy atom. The quantitative estimate of drug-likeness (QED) is 0.594. The topological polar surface area (TPSA) is 94.8 Å². The van der Waals surface area contributed by atoms with Crippen molar-refractivity contribution >= 4 is 11.9 Å². The highest BCUT2D eigenvalue weighted by Gasteiger charge is 2.18. The first-order valence-electron chi connectivity index (χ1n) is 4.50. The van der Waals surface area contributed by atoms with Crippen LogP contribution in [0.5, 0.6) is 0 Å². The molecule has 0 aromatic carbocycles. The third kappa shape index (κ3) is 3.95. The number of hydrogen-bond acceptors (Lipinski definition) is 3. The molecule has 1 unspecified atom stereocenters. The van der Waals surface area contributed by atoms with Gasteiger partial charge in [0.1, 0.15) is 0 Å². The fourth-order valence-corrected chi connectivity index (χ4v) is 1.60. The van der Waals surface area contributed by atoms with Gasteiger partial charge in [-0.1, -0.05) is 11.6 Å².